The second-order valence-corrected chi connectivity index (χ2v) is 8.32. The molecule has 0 aliphatic heterocycles. The van der Waals surface area contributed by atoms with Crippen LogP contribution in [0.2, 0.25) is 10.0 Å². The van der Waals surface area contributed by atoms with Gasteiger partial charge in [0.05, 0.1) is 29.8 Å². The van der Waals surface area contributed by atoms with Crippen molar-refractivity contribution < 1.29 is 22.6 Å². The smallest absolute Gasteiger partial charge is 0.262 e. The molecule has 3 aromatic rings. The molecule has 0 fully saturated rings. The van der Waals surface area contributed by atoms with E-state index in [1.54, 1.807) is 36.4 Å². The summed E-state index contributed by atoms with van der Waals surface area (Å²) < 4.78 is 44.4. The molecule has 3 aromatic carbocycles. The molecular formula is C20H17Cl2NO5S. The number of nitrogens with one attached hydrogen (secondary N) is 1. The fourth-order valence-corrected chi connectivity index (χ4v) is 4.04. The number of hydrogen-bond donors (Lipinski definition) is 1. The largest absolute Gasteiger partial charge is 0.493 e. The summed E-state index contributed by atoms with van der Waals surface area (Å²) in [6, 6.07) is 15.7. The molecular weight excluding hydrogens is 437 g/mol. The van der Waals surface area contributed by atoms with Gasteiger partial charge in [0.1, 0.15) is 5.75 Å². The van der Waals surface area contributed by atoms with Gasteiger partial charge in [-0.3, -0.25) is 4.72 Å². The van der Waals surface area contributed by atoms with Crippen molar-refractivity contribution in [2.45, 2.75) is 4.90 Å². The monoisotopic (exact) mass is 453 g/mol. The Bertz CT molecular complexity index is 1140. The lowest BCUT2D eigenvalue weighted by atomic mass is 10.3. The maximum absolute atomic E-state index is 12.9. The van der Waals surface area contributed by atoms with Crippen LogP contribution in [0.3, 0.4) is 0 Å². The van der Waals surface area contributed by atoms with E-state index in [-0.39, 0.29) is 16.3 Å². The molecule has 29 heavy (non-hydrogen) atoms. The predicted octanol–water partition coefficient (Wildman–Crippen LogP) is 5.60. The van der Waals surface area contributed by atoms with Crippen molar-refractivity contribution in [3.8, 4) is 23.0 Å². The summed E-state index contributed by atoms with van der Waals surface area (Å²) in [7, 11) is -1.02. The fourth-order valence-electron chi connectivity index (χ4n) is 2.50. The molecule has 1 N–H and O–H groups in total. The number of benzene rings is 3. The number of methoxy groups -OCH3 is 2. The van der Waals surface area contributed by atoms with Gasteiger partial charge >= 0.3 is 0 Å². The van der Waals surface area contributed by atoms with Gasteiger partial charge in [0.25, 0.3) is 10.0 Å². The highest BCUT2D eigenvalue weighted by Gasteiger charge is 2.19. The Balaban J connectivity index is 1.92. The number of rotatable bonds is 7. The van der Waals surface area contributed by atoms with Gasteiger partial charge < -0.3 is 14.2 Å². The molecule has 9 heteroatoms. The average molecular weight is 454 g/mol. The summed E-state index contributed by atoms with van der Waals surface area (Å²) in [5.74, 6) is 1.34. The topological polar surface area (TPSA) is 73.9 Å². The van der Waals surface area contributed by atoms with E-state index in [0.717, 1.165) is 0 Å². The van der Waals surface area contributed by atoms with E-state index in [4.69, 9.17) is 37.4 Å². The number of para-hydroxylation sites is 2. The first-order valence-corrected chi connectivity index (χ1v) is 10.5. The number of anilines is 1. The Labute approximate surface area is 179 Å². The zero-order valence-electron chi connectivity index (χ0n) is 15.5. The SMILES string of the molecule is COc1ccc(S(=O)(=O)Nc2ccccc2Oc2ccc(Cl)cc2Cl)cc1OC. The Morgan fingerprint density at radius 2 is 1.48 bits per heavy atom. The highest BCUT2D eigenvalue weighted by molar-refractivity contribution is 7.92. The number of hydrogen-bond acceptors (Lipinski definition) is 5. The van der Waals surface area contributed by atoms with Gasteiger partial charge in [-0.1, -0.05) is 35.3 Å². The summed E-state index contributed by atoms with van der Waals surface area (Å²) >= 11 is 12.1. The van der Waals surface area contributed by atoms with Crippen LogP contribution in [0.1, 0.15) is 0 Å². The number of sulfonamides is 1. The van der Waals surface area contributed by atoms with E-state index >= 15 is 0 Å². The maximum Gasteiger partial charge on any atom is 0.262 e. The maximum atomic E-state index is 12.9. The third-order valence-corrected chi connectivity index (χ3v) is 5.80. The third kappa shape index (κ3) is 4.87. The van der Waals surface area contributed by atoms with E-state index in [9.17, 15) is 8.42 Å². The van der Waals surface area contributed by atoms with Crippen LogP contribution in [0.5, 0.6) is 23.0 Å². The molecule has 0 spiro atoms. The molecule has 0 unspecified atom stereocenters. The molecule has 3 rings (SSSR count). The quantitative estimate of drug-likeness (QED) is 0.503. The average Bonchev–Trinajstić information content (AvgIpc) is 2.70. The van der Waals surface area contributed by atoms with Gasteiger partial charge in [-0.25, -0.2) is 8.42 Å². The standard InChI is InChI=1S/C20H17Cl2NO5S/c1-26-19-10-8-14(12-20(19)27-2)29(24,25)23-16-5-3-4-6-18(16)28-17-9-7-13(21)11-15(17)22/h3-12,23H,1-2H3. The Morgan fingerprint density at radius 3 is 2.17 bits per heavy atom. The zero-order chi connectivity index (χ0) is 21.0. The molecule has 0 saturated carbocycles. The number of ether oxygens (including phenoxy) is 3. The lowest BCUT2D eigenvalue weighted by Gasteiger charge is -2.15. The van der Waals surface area contributed by atoms with Crippen molar-refractivity contribution in [3.05, 3.63) is 70.7 Å². The van der Waals surface area contributed by atoms with E-state index < -0.39 is 10.0 Å². The Hall–Kier alpha value is -2.61. The normalized spacial score (nSPS) is 11.0. The van der Waals surface area contributed by atoms with Crippen LogP contribution in [0, 0.1) is 0 Å². The first-order valence-electron chi connectivity index (χ1n) is 8.31. The van der Waals surface area contributed by atoms with Crippen molar-refractivity contribution >= 4 is 38.9 Å². The lowest BCUT2D eigenvalue weighted by molar-refractivity contribution is 0.354. The fraction of sp³-hybridized carbons (Fsp3) is 0.100. The molecule has 0 saturated heterocycles. The summed E-state index contributed by atoms with van der Waals surface area (Å²) in [6.07, 6.45) is 0. The molecule has 0 amide bonds. The molecule has 0 heterocycles. The Morgan fingerprint density at radius 1 is 0.793 bits per heavy atom. The highest BCUT2D eigenvalue weighted by Crippen LogP contribution is 2.36. The van der Waals surface area contributed by atoms with Crippen LogP contribution >= 0.6 is 23.2 Å². The Kier molecular flexibility index (Phi) is 6.42. The van der Waals surface area contributed by atoms with Crippen molar-refractivity contribution in [3.63, 3.8) is 0 Å². The molecule has 0 aliphatic rings. The van der Waals surface area contributed by atoms with Crippen LogP contribution in [0.25, 0.3) is 0 Å². The zero-order valence-corrected chi connectivity index (χ0v) is 17.8. The lowest BCUT2D eigenvalue weighted by Crippen LogP contribution is -2.13. The van der Waals surface area contributed by atoms with Crippen LogP contribution < -0.4 is 18.9 Å². The van der Waals surface area contributed by atoms with Crippen molar-refractivity contribution in [2.75, 3.05) is 18.9 Å². The van der Waals surface area contributed by atoms with Crippen LogP contribution in [0.15, 0.2) is 65.6 Å². The molecule has 6 nitrogen and oxygen atoms in total. The molecule has 0 aromatic heterocycles. The van der Waals surface area contributed by atoms with Crippen molar-refractivity contribution in [2.24, 2.45) is 0 Å². The molecule has 0 bridgehead atoms. The molecule has 152 valence electrons. The predicted molar refractivity (Wildman–Crippen MR) is 113 cm³/mol. The number of halogens is 2. The van der Waals surface area contributed by atoms with Gasteiger partial charge in [-0.2, -0.15) is 0 Å². The van der Waals surface area contributed by atoms with E-state index in [1.807, 2.05) is 0 Å². The minimum atomic E-state index is -3.92. The van der Waals surface area contributed by atoms with Crippen LogP contribution in [0.4, 0.5) is 5.69 Å². The molecule has 0 aliphatic carbocycles. The van der Waals surface area contributed by atoms with Crippen molar-refractivity contribution in [1.29, 1.82) is 0 Å². The third-order valence-electron chi connectivity index (χ3n) is 3.91. The van der Waals surface area contributed by atoms with Gasteiger partial charge in [-0.05, 0) is 42.5 Å². The summed E-state index contributed by atoms with van der Waals surface area (Å²) in [6.45, 7) is 0. The van der Waals surface area contributed by atoms with Crippen LogP contribution in [-0.2, 0) is 10.0 Å². The minimum Gasteiger partial charge on any atom is -0.493 e. The first-order chi connectivity index (χ1) is 13.8. The highest BCUT2D eigenvalue weighted by atomic mass is 35.5. The van der Waals surface area contributed by atoms with E-state index in [0.29, 0.717) is 27.3 Å². The van der Waals surface area contributed by atoms with E-state index in [1.165, 1.54) is 38.5 Å². The summed E-state index contributed by atoms with van der Waals surface area (Å²) in [4.78, 5) is 0.00878. The minimum absolute atomic E-state index is 0.00878. The van der Waals surface area contributed by atoms with E-state index in [2.05, 4.69) is 4.72 Å². The summed E-state index contributed by atoms with van der Waals surface area (Å²) in [5, 5.41) is 0.764. The van der Waals surface area contributed by atoms with Gasteiger partial charge in [0.15, 0.2) is 17.2 Å². The summed E-state index contributed by atoms with van der Waals surface area (Å²) in [5.41, 5.74) is 0.244. The first kappa shape index (κ1) is 21.1. The van der Waals surface area contributed by atoms with Gasteiger partial charge in [0.2, 0.25) is 0 Å². The second kappa shape index (κ2) is 8.82. The van der Waals surface area contributed by atoms with Crippen molar-refractivity contribution in [1.82, 2.24) is 0 Å². The molecule has 0 atom stereocenters. The molecule has 0 radical (unpaired) electrons. The van der Waals surface area contributed by atoms with Crippen LogP contribution in [-0.4, -0.2) is 22.6 Å². The second-order valence-electron chi connectivity index (χ2n) is 5.80. The van der Waals surface area contributed by atoms with Gasteiger partial charge in [0, 0.05) is 11.1 Å². The van der Waals surface area contributed by atoms with Gasteiger partial charge in [-0.15, -0.1) is 0 Å².